The van der Waals surface area contributed by atoms with Crippen molar-refractivity contribution < 1.29 is 14.2 Å². The largest absolute Gasteiger partial charge is 0.497 e. The molecule has 0 saturated carbocycles. The minimum Gasteiger partial charge on any atom is -0.497 e. The standard InChI is InChI=1S/C10H14FNO2/c1-10(12,6-13)8-4-3-7(14-2)5-9(8)11/h3-5,13H,6,12H2,1-2H3. The number of nitrogens with two attached hydrogens (primary N) is 1. The zero-order chi connectivity index (χ0) is 10.8. The van der Waals surface area contributed by atoms with Gasteiger partial charge in [-0.2, -0.15) is 0 Å². The number of hydrogen-bond acceptors (Lipinski definition) is 3. The van der Waals surface area contributed by atoms with E-state index in [9.17, 15) is 4.39 Å². The summed E-state index contributed by atoms with van der Waals surface area (Å²) < 4.78 is 18.3. The van der Waals surface area contributed by atoms with Crippen LogP contribution >= 0.6 is 0 Å². The van der Waals surface area contributed by atoms with Crippen LogP contribution in [0.1, 0.15) is 12.5 Å². The van der Waals surface area contributed by atoms with Gasteiger partial charge in [-0.3, -0.25) is 0 Å². The highest BCUT2D eigenvalue weighted by Crippen LogP contribution is 2.24. The zero-order valence-corrected chi connectivity index (χ0v) is 8.25. The Balaban J connectivity index is 3.12. The van der Waals surface area contributed by atoms with Gasteiger partial charge < -0.3 is 15.6 Å². The first kappa shape index (κ1) is 10.9. The summed E-state index contributed by atoms with van der Waals surface area (Å²) in [5.41, 5.74) is 4.92. The summed E-state index contributed by atoms with van der Waals surface area (Å²) in [5.74, 6) is -0.0385. The van der Waals surface area contributed by atoms with Crippen molar-refractivity contribution in [3.63, 3.8) is 0 Å². The SMILES string of the molecule is COc1ccc(C(C)(N)CO)c(F)c1. The summed E-state index contributed by atoms with van der Waals surface area (Å²) in [6.45, 7) is 1.26. The van der Waals surface area contributed by atoms with Crippen LogP contribution in [-0.2, 0) is 5.54 Å². The summed E-state index contributed by atoms with van der Waals surface area (Å²) in [7, 11) is 1.46. The molecule has 0 radical (unpaired) electrons. The number of aliphatic hydroxyl groups excluding tert-OH is 1. The van der Waals surface area contributed by atoms with Crippen LogP contribution in [0, 0.1) is 5.82 Å². The van der Waals surface area contributed by atoms with E-state index in [1.807, 2.05) is 0 Å². The predicted molar refractivity (Wildman–Crippen MR) is 51.6 cm³/mol. The average molecular weight is 199 g/mol. The van der Waals surface area contributed by atoms with Crippen molar-refractivity contribution in [1.29, 1.82) is 0 Å². The lowest BCUT2D eigenvalue weighted by Crippen LogP contribution is -2.37. The molecule has 0 saturated heterocycles. The number of methoxy groups -OCH3 is 1. The van der Waals surface area contributed by atoms with E-state index in [4.69, 9.17) is 15.6 Å². The Labute approximate surface area is 82.3 Å². The van der Waals surface area contributed by atoms with E-state index in [1.165, 1.54) is 19.2 Å². The molecular formula is C10H14FNO2. The summed E-state index contributed by atoms with van der Waals surface area (Å²) in [6.07, 6.45) is 0. The molecule has 0 amide bonds. The maximum atomic E-state index is 13.4. The van der Waals surface area contributed by atoms with Crippen molar-refractivity contribution in [2.24, 2.45) is 5.73 Å². The second kappa shape index (κ2) is 3.94. The molecule has 0 spiro atoms. The van der Waals surface area contributed by atoms with Crippen LogP contribution in [0.5, 0.6) is 5.75 Å². The van der Waals surface area contributed by atoms with E-state index >= 15 is 0 Å². The molecule has 0 bridgehead atoms. The highest BCUT2D eigenvalue weighted by molar-refractivity contribution is 5.32. The summed E-state index contributed by atoms with van der Waals surface area (Å²) in [6, 6.07) is 4.37. The zero-order valence-electron chi connectivity index (χ0n) is 8.25. The fourth-order valence-corrected chi connectivity index (χ4v) is 1.17. The number of aliphatic hydroxyl groups is 1. The van der Waals surface area contributed by atoms with Crippen LogP contribution in [0.25, 0.3) is 0 Å². The molecular weight excluding hydrogens is 185 g/mol. The Hall–Kier alpha value is -1.13. The van der Waals surface area contributed by atoms with Crippen LogP contribution in [0.2, 0.25) is 0 Å². The minimum absolute atomic E-state index is 0.279. The Morgan fingerprint density at radius 2 is 2.21 bits per heavy atom. The predicted octanol–water partition coefficient (Wildman–Crippen LogP) is 1.00. The topological polar surface area (TPSA) is 55.5 Å². The second-order valence-corrected chi connectivity index (χ2v) is 3.42. The Morgan fingerprint density at radius 1 is 1.57 bits per heavy atom. The third-order valence-corrected chi connectivity index (χ3v) is 2.12. The summed E-state index contributed by atoms with van der Waals surface area (Å²) >= 11 is 0. The molecule has 0 aromatic heterocycles. The van der Waals surface area contributed by atoms with Gasteiger partial charge in [0.15, 0.2) is 0 Å². The number of benzene rings is 1. The van der Waals surface area contributed by atoms with Crippen LogP contribution in [0.15, 0.2) is 18.2 Å². The van der Waals surface area contributed by atoms with E-state index in [0.717, 1.165) is 0 Å². The van der Waals surface area contributed by atoms with E-state index in [-0.39, 0.29) is 12.2 Å². The number of rotatable bonds is 3. The van der Waals surface area contributed by atoms with E-state index in [1.54, 1.807) is 13.0 Å². The lowest BCUT2D eigenvalue weighted by molar-refractivity contribution is 0.206. The van der Waals surface area contributed by atoms with E-state index in [2.05, 4.69) is 0 Å². The molecule has 14 heavy (non-hydrogen) atoms. The van der Waals surface area contributed by atoms with Crippen molar-refractivity contribution in [3.05, 3.63) is 29.6 Å². The first-order valence-electron chi connectivity index (χ1n) is 4.25. The fraction of sp³-hybridized carbons (Fsp3) is 0.400. The third-order valence-electron chi connectivity index (χ3n) is 2.12. The first-order chi connectivity index (χ1) is 6.51. The molecule has 4 heteroatoms. The van der Waals surface area contributed by atoms with Crippen LogP contribution in [-0.4, -0.2) is 18.8 Å². The molecule has 1 aromatic carbocycles. The van der Waals surface area contributed by atoms with E-state index < -0.39 is 11.4 Å². The smallest absolute Gasteiger partial charge is 0.132 e. The van der Waals surface area contributed by atoms with Gasteiger partial charge in [0.05, 0.1) is 19.3 Å². The molecule has 78 valence electrons. The minimum atomic E-state index is -1.06. The molecule has 0 aliphatic heterocycles. The summed E-state index contributed by atoms with van der Waals surface area (Å²) in [4.78, 5) is 0. The molecule has 1 rings (SSSR count). The average Bonchev–Trinajstić information content (AvgIpc) is 2.17. The van der Waals surface area contributed by atoms with Crippen LogP contribution < -0.4 is 10.5 Å². The highest BCUT2D eigenvalue weighted by Gasteiger charge is 2.23. The fourth-order valence-electron chi connectivity index (χ4n) is 1.17. The van der Waals surface area contributed by atoms with Crippen molar-refractivity contribution in [2.75, 3.05) is 13.7 Å². The summed E-state index contributed by atoms with van der Waals surface area (Å²) in [5, 5.41) is 8.98. The van der Waals surface area contributed by atoms with Crippen molar-refractivity contribution in [1.82, 2.24) is 0 Å². The maximum absolute atomic E-state index is 13.4. The number of ether oxygens (including phenoxy) is 1. The molecule has 3 nitrogen and oxygen atoms in total. The van der Waals surface area contributed by atoms with Crippen molar-refractivity contribution in [2.45, 2.75) is 12.5 Å². The number of hydrogen-bond donors (Lipinski definition) is 2. The molecule has 3 N–H and O–H groups in total. The quantitative estimate of drug-likeness (QED) is 0.763. The normalized spacial score (nSPS) is 14.9. The molecule has 0 fully saturated rings. The first-order valence-corrected chi connectivity index (χ1v) is 4.25. The van der Waals surface area contributed by atoms with Gasteiger partial charge in [0.2, 0.25) is 0 Å². The van der Waals surface area contributed by atoms with Gasteiger partial charge in [-0.15, -0.1) is 0 Å². The Kier molecular flexibility index (Phi) is 3.08. The van der Waals surface area contributed by atoms with Crippen LogP contribution in [0.3, 0.4) is 0 Å². The second-order valence-electron chi connectivity index (χ2n) is 3.42. The highest BCUT2D eigenvalue weighted by atomic mass is 19.1. The van der Waals surface area contributed by atoms with Gasteiger partial charge in [0.1, 0.15) is 11.6 Å². The molecule has 0 aliphatic rings. The van der Waals surface area contributed by atoms with Gasteiger partial charge in [-0.05, 0) is 13.0 Å². The van der Waals surface area contributed by atoms with Gasteiger partial charge in [0, 0.05) is 11.6 Å². The van der Waals surface area contributed by atoms with Gasteiger partial charge in [-0.25, -0.2) is 4.39 Å². The molecule has 1 aromatic rings. The monoisotopic (exact) mass is 199 g/mol. The molecule has 1 atom stereocenters. The van der Waals surface area contributed by atoms with Gasteiger partial charge in [-0.1, -0.05) is 6.07 Å². The molecule has 0 heterocycles. The van der Waals surface area contributed by atoms with E-state index in [0.29, 0.717) is 5.75 Å². The van der Waals surface area contributed by atoms with Crippen molar-refractivity contribution >= 4 is 0 Å². The number of halogens is 1. The molecule has 0 aliphatic carbocycles. The van der Waals surface area contributed by atoms with Crippen molar-refractivity contribution in [3.8, 4) is 5.75 Å². The Bertz CT molecular complexity index is 326. The maximum Gasteiger partial charge on any atom is 0.132 e. The molecule has 1 unspecified atom stereocenters. The van der Waals surface area contributed by atoms with Gasteiger partial charge >= 0.3 is 0 Å². The lowest BCUT2D eigenvalue weighted by Gasteiger charge is -2.22. The lowest BCUT2D eigenvalue weighted by atomic mass is 9.94. The van der Waals surface area contributed by atoms with Gasteiger partial charge in [0.25, 0.3) is 0 Å². The Morgan fingerprint density at radius 3 is 2.64 bits per heavy atom. The van der Waals surface area contributed by atoms with Crippen LogP contribution in [0.4, 0.5) is 4.39 Å². The third kappa shape index (κ3) is 2.02.